The molecule has 0 aliphatic rings. The number of aromatic amines is 1. The van der Waals surface area contributed by atoms with Gasteiger partial charge in [-0.1, -0.05) is 6.07 Å². The van der Waals surface area contributed by atoms with Crippen molar-refractivity contribution >= 4 is 11.0 Å². The molecule has 0 radical (unpaired) electrons. The molecule has 6 heteroatoms. The summed E-state index contributed by atoms with van der Waals surface area (Å²) < 4.78 is 0. The monoisotopic (exact) mass is 312 g/mol. The van der Waals surface area contributed by atoms with Crippen molar-refractivity contribution in [3.63, 3.8) is 0 Å². The highest BCUT2D eigenvalue weighted by Gasteiger charge is 2.13. The van der Waals surface area contributed by atoms with Gasteiger partial charge in [-0.2, -0.15) is 5.26 Å². The molecule has 0 aliphatic heterocycles. The SMILES string of the molecule is Cc1cccc(-c2nc(-c3cncc(C#N)c3)c3cc[nH]c3n2)n1. The maximum atomic E-state index is 9.11. The van der Waals surface area contributed by atoms with Gasteiger partial charge in [0.2, 0.25) is 0 Å². The lowest BCUT2D eigenvalue weighted by Gasteiger charge is -2.06. The average Bonchev–Trinajstić information content (AvgIpc) is 3.09. The molecule has 114 valence electrons. The van der Waals surface area contributed by atoms with E-state index in [1.165, 1.54) is 6.20 Å². The highest BCUT2D eigenvalue weighted by Crippen LogP contribution is 2.28. The zero-order chi connectivity index (χ0) is 16.5. The van der Waals surface area contributed by atoms with E-state index in [1.807, 2.05) is 37.4 Å². The van der Waals surface area contributed by atoms with Gasteiger partial charge in [0, 0.05) is 35.2 Å². The van der Waals surface area contributed by atoms with E-state index in [0.29, 0.717) is 17.1 Å². The van der Waals surface area contributed by atoms with Crippen molar-refractivity contribution in [3.8, 4) is 28.8 Å². The first kappa shape index (κ1) is 14.0. The van der Waals surface area contributed by atoms with Crippen LogP contribution in [0, 0.1) is 18.3 Å². The number of rotatable bonds is 2. The Kier molecular flexibility index (Phi) is 3.25. The number of pyridine rings is 2. The van der Waals surface area contributed by atoms with Crippen molar-refractivity contribution in [1.82, 2.24) is 24.9 Å². The Labute approximate surface area is 137 Å². The molecular formula is C18H12N6. The molecule has 4 heterocycles. The van der Waals surface area contributed by atoms with E-state index in [0.717, 1.165) is 28.0 Å². The summed E-state index contributed by atoms with van der Waals surface area (Å²) in [5, 5.41) is 9.98. The second-order valence-electron chi connectivity index (χ2n) is 5.37. The number of fused-ring (bicyclic) bond motifs is 1. The van der Waals surface area contributed by atoms with E-state index in [1.54, 1.807) is 12.3 Å². The van der Waals surface area contributed by atoms with Crippen molar-refractivity contribution in [1.29, 1.82) is 5.26 Å². The lowest BCUT2D eigenvalue weighted by molar-refractivity contribution is 1.13. The zero-order valence-corrected chi connectivity index (χ0v) is 12.9. The predicted octanol–water partition coefficient (Wildman–Crippen LogP) is 3.26. The molecule has 0 saturated carbocycles. The van der Waals surface area contributed by atoms with Crippen LogP contribution in [0.15, 0.2) is 48.9 Å². The quantitative estimate of drug-likeness (QED) is 0.613. The summed E-state index contributed by atoms with van der Waals surface area (Å²) in [6.45, 7) is 1.93. The largest absolute Gasteiger partial charge is 0.346 e. The number of H-pyrrole nitrogens is 1. The third kappa shape index (κ3) is 2.38. The van der Waals surface area contributed by atoms with Crippen molar-refractivity contribution in [2.24, 2.45) is 0 Å². The first-order valence-electron chi connectivity index (χ1n) is 7.39. The number of aryl methyl sites for hydroxylation is 1. The van der Waals surface area contributed by atoms with E-state index < -0.39 is 0 Å². The molecule has 0 amide bonds. The number of nitrogens with zero attached hydrogens (tertiary/aromatic N) is 5. The average molecular weight is 312 g/mol. The molecule has 4 aromatic heterocycles. The molecular weight excluding hydrogens is 300 g/mol. The normalized spacial score (nSPS) is 10.7. The molecule has 0 atom stereocenters. The molecule has 4 rings (SSSR count). The summed E-state index contributed by atoms with van der Waals surface area (Å²) in [6.07, 6.45) is 5.04. The minimum Gasteiger partial charge on any atom is -0.346 e. The van der Waals surface area contributed by atoms with Crippen LogP contribution in [0.4, 0.5) is 0 Å². The highest BCUT2D eigenvalue weighted by molar-refractivity contribution is 5.91. The first-order valence-corrected chi connectivity index (χ1v) is 7.39. The topological polar surface area (TPSA) is 91.1 Å². The number of hydrogen-bond donors (Lipinski definition) is 1. The Morgan fingerprint density at radius 2 is 2.00 bits per heavy atom. The Bertz CT molecular complexity index is 1090. The Morgan fingerprint density at radius 1 is 1.08 bits per heavy atom. The predicted molar refractivity (Wildman–Crippen MR) is 89.8 cm³/mol. The van der Waals surface area contributed by atoms with E-state index in [9.17, 15) is 0 Å². The molecule has 0 fully saturated rings. The molecule has 6 nitrogen and oxygen atoms in total. The highest BCUT2D eigenvalue weighted by atomic mass is 15.0. The van der Waals surface area contributed by atoms with Crippen LogP contribution in [0.3, 0.4) is 0 Å². The summed E-state index contributed by atoms with van der Waals surface area (Å²) >= 11 is 0. The lowest BCUT2D eigenvalue weighted by Crippen LogP contribution is -1.97. The zero-order valence-electron chi connectivity index (χ0n) is 12.9. The van der Waals surface area contributed by atoms with E-state index >= 15 is 0 Å². The second kappa shape index (κ2) is 5.56. The molecule has 4 aromatic rings. The fourth-order valence-corrected chi connectivity index (χ4v) is 2.57. The van der Waals surface area contributed by atoms with Gasteiger partial charge in [0.15, 0.2) is 5.82 Å². The fraction of sp³-hybridized carbons (Fsp3) is 0.0556. The smallest absolute Gasteiger partial charge is 0.180 e. The van der Waals surface area contributed by atoms with Gasteiger partial charge in [0.25, 0.3) is 0 Å². The van der Waals surface area contributed by atoms with Gasteiger partial charge in [-0.3, -0.25) is 4.98 Å². The molecule has 0 bridgehead atoms. The number of aromatic nitrogens is 5. The van der Waals surface area contributed by atoms with Gasteiger partial charge >= 0.3 is 0 Å². The van der Waals surface area contributed by atoms with Crippen LogP contribution < -0.4 is 0 Å². The Morgan fingerprint density at radius 3 is 2.83 bits per heavy atom. The van der Waals surface area contributed by atoms with Gasteiger partial charge in [-0.05, 0) is 31.2 Å². The first-order chi connectivity index (χ1) is 11.7. The minimum absolute atomic E-state index is 0.491. The molecule has 0 aromatic carbocycles. The maximum Gasteiger partial charge on any atom is 0.180 e. The molecule has 1 N–H and O–H groups in total. The summed E-state index contributed by atoms with van der Waals surface area (Å²) in [6, 6.07) is 11.5. The molecule has 0 spiro atoms. The van der Waals surface area contributed by atoms with Gasteiger partial charge in [0.05, 0.1) is 11.3 Å². The minimum atomic E-state index is 0.491. The van der Waals surface area contributed by atoms with Crippen LogP contribution in [0.25, 0.3) is 33.8 Å². The summed E-state index contributed by atoms with van der Waals surface area (Å²) in [4.78, 5) is 21.0. The van der Waals surface area contributed by atoms with Crippen LogP contribution >= 0.6 is 0 Å². The molecule has 24 heavy (non-hydrogen) atoms. The van der Waals surface area contributed by atoms with E-state index in [2.05, 4.69) is 31.0 Å². The second-order valence-corrected chi connectivity index (χ2v) is 5.37. The van der Waals surface area contributed by atoms with Crippen molar-refractivity contribution in [2.75, 3.05) is 0 Å². The van der Waals surface area contributed by atoms with Crippen LogP contribution in [0.2, 0.25) is 0 Å². The van der Waals surface area contributed by atoms with Gasteiger partial charge in [0.1, 0.15) is 17.4 Å². The van der Waals surface area contributed by atoms with Crippen LogP contribution in [-0.2, 0) is 0 Å². The Hall–Kier alpha value is -3.59. The summed E-state index contributed by atoms with van der Waals surface area (Å²) in [7, 11) is 0. The van der Waals surface area contributed by atoms with Gasteiger partial charge in [-0.15, -0.1) is 0 Å². The molecule has 0 unspecified atom stereocenters. The number of nitriles is 1. The number of nitrogens with one attached hydrogen (secondary N) is 1. The van der Waals surface area contributed by atoms with Crippen LogP contribution in [-0.4, -0.2) is 24.9 Å². The Balaban J connectivity index is 1.98. The van der Waals surface area contributed by atoms with Crippen molar-refractivity contribution < 1.29 is 0 Å². The summed E-state index contributed by atoms with van der Waals surface area (Å²) in [5.41, 5.74) is 4.32. The third-order valence-electron chi connectivity index (χ3n) is 3.67. The van der Waals surface area contributed by atoms with Crippen LogP contribution in [0.5, 0.6) is 0 Å². The lowest BCUT2D eigenvalue weighted by atomic mass is 10.1. The number of hydrogen-bond acceptors (Lipinski definition) is 5. The maximum absolute atomic E-state index is 9.11. The van der Waals surface area contributed by atoms with E-state index in [4.69, 9.17) is 5.26 Å². The standard InChI is InChI=1S/C18H12N6/c1-11-3-2-4-15(22-11)18-23-16(14-5-6-21-17(14)24-18)13-7-12(8-19)9-20-10-13/h2-7,9-10H,1H3,(H,21,23,24). The molecule has 0 aliphatic carbocycles. The van der Waals surface area contributed by atoms with Gasteiger partial charge < -0.3 is 4.98 Å². The van der Waals surface area contributed by atoms with Crippen molar-refractivity contribution in [3.05, 3.63) is 60.2 Å². The fourth-order valence-electron chi connectivity index (χ4n) is 2.57. The van der Waals surface area contributed by atoms with Crippen molar-refractivity contribution in [2.45, 2.75) is 6.92 Å². The van der Waals surface area contributed by atoms with Gasteiger partial charge in [-0.25, -0.2) is 15.0 Å². The van der Waals surface area contributed by atoms with Crippen LogP contribution in [0.1, 0.15) is 11.3 Å². The molecule has 0 saturated heterocycles. The third-order valence-corrected chi connectivity index (χ3v) is 3.67. The summed E-state index contributed by atoms with van der Waals surface area (Å²) in [5.74, 6) is 0.533. The van der Waals surface area contributed by atoms with E-state index in [-0.39, 0.29) is 0 Å².